The molecule has 6 nitrogen and oxygen atoms in total. The smallest absolute Gasteiger partial charge is 0.255 e. The molecule has 27 heavy (non-hydrogen) atoms. The van der Waals surface area contributed by atoms with Gasteiger partial charge in [0, 0.05) is 27.2 Å². The van der Waals surface area contributed by atoms with Crippen molar-refractivity contribution in [1.82, 2.24) is 0 Å². The van der Waals surface area contributed by atoms with Gasteiger partial charge < -0.3 is 10.6 Å². The number of benzene rings is 2. The number of fused-ring (bicyclic) bond motifs is 1. The molecule has 2 aliphatic rings. The molecule has 1 amide bonds. The average Bonchev–Trinajstić information content (AvgIpc) is 3.08. The van der Waals surface area contributed by atoms with E-state index in [1.807, 2.05) is 0 Å². The lowest BCUT2D eigenvalue weighted by Crippen LogP contribution is -2.13. The van der Waals surface area contributed by atoms with Crippen LogP contribution >= 0.6 is 23.4 Å². The Bertz CT molecular complexity index is 1020. The van der Waals surface area contributed by atoms with Crippen LogP contribution in [0.5, 0.6) is 0 Å². The van der Waals surface area contributed by atoms with Gasteiger partial charge in [-0.25, -0.2) is 8.42 Å². The van der Waals surface area contributed by atoms with Gasteiger partial charge >= 0.3 is 0 Å². The summed E-state index contributed by atoms with van der Waals surface area (Å²) in [7, 11) is -2.95. The third kappa shape index (κ3) is 4.28. The summed E-state index contributed by atoms with van der Waals surface area (Å²) < 4.78 is 23.2. The quantitative estimate of drug-likeness (QED) is 0.794. The highest BCUT2D eigenvalue weighted by Gasteiger charge is 2.42. The number of carbonyl (C=O) groups excluding carboxylic acids is 1. The molecule has 0 unspecified atom stereocenters. The van der Waals surface area contributed by atoms with E-state index in [4.69, 9.17) is 11.6 Å². The number of nitrogens with one attached hydrogen (secondary N) is 2. The first kappa shape index (κ1) is 18.3. The fourth-order valence-corrected chi connectivity index (χ4v) is 6.88. The van der Waals surface area contributed by atoms with Crippen molar-refractivity contribution in [3.63, 3.8) is 0 Å². The summed E-state index contributed by atoms with van der Waals surface area (Å²) in [4.78, 5) is 16.8. The van der Waals surface area contributed by atoms with E-state index in [1.165, 1.54) is 11.8 Å². The Balaban J connectivity index is 1.39. The topological polar surface area (TPSA) is 87.6 Å². The van der Waals surface area contributed by atoms with E-state index in [0.29, 0.717) is 16.3 Å². The number of nitrogens with zero attached hydrogens (tertiary/aromatic N) is 1. The number of amidine groups is 1. The van der Waals surface area contributed by atoms with Gasteiger partial charge in [-0.05, 0) is 42.5 Å². The number of rotatable bonds is 3. The maximum Gasteiger partial charge on any atom is 0.255 e. The molecule has 0 bridgehead atoms. The molecule has 0 radical (unpaired) electrons. The summed E-state index contributed by atoms with van der Waals surface area (Å²) in [5, 5.41) is 7.26. The summed E-state index contributed by atoms with van der Waals surface area (Å²) in [5.74, 6) is 0.0779. The molecule has 2 aromatic carbocycles. The van der Waals surface area contributed by atoms with Crippen molar-refractivity contribution in [2.45, 2.75) is 11.3 Å². The van der Waals surface area contributed by atoms with Crippen LogP contribution in [0.4, 0.5) is 11.4 Å². The Morgan fingerprint density at radius 1 is 1.11 bits per heavy atom. The van der Waals surface area contributed by atoms with Gasteiger partial charge in [-0.15, -0.1) is 0 Å². The third-order valence-corrected chi connectivity index (χ3v) is 7.68. The van der Waals surface area contributed by atoms with Crippen molar-refractivity contribution in [3.05, 3.63) is 59.1 Å². The lowest BCUT2D eigenvalue weighted by Gasteiger charge is -2.09. The zero-order valence-corrected chi connectivity index (χ0v) is 16.4. The number of thioether (sulfide) groups is 1. The van der Waals surface area contributed by atoms with Crippen LogP contribution in [0.3, 0.4) is 0 Å². The van der Waals surface area contributed by atoms with Crippen molar-refractivity contribution < 1.29 is 13.2 Å². The van der Waals surface area contributed by atoms with Crippen molar-refractivity contribution in [3.8, 4) is 0 Å². The molecule has 0 aliphatic carbocycles. The highest BCUT2D eigenvalue weighted by atomic mass is 35.5. The molecule has 2 heterocycles. The Kier molecular flexibility index (Phi) is 4.88. The van der Waals surface area contributed by atoms with Gasteiger partial charge in [0.1, 0.15) is 0 Å². The van der Waals surface area contributed by atoms with Gasteiger partial charge in [0.2, 0.25) is 0 Å². The molecule has 9 heteroatoms. The molecular weight excluding hydrogens is 406 g/mol. The number of hydrogen-bond donors (Lipinski definition) is 2. The molecule has 0 aromatic heterocycles. The van der Waals surface area contributed by atoms with E-state index >= 15 is 0 Å². The molecule has 0 saturated carbocycles. The van der Waals surface area contributed by atoms with Crippen molar-refractivity contribution in [2.24, 2.45) is 4.99 Å². The number of amides is 1. The van der Waals surface area contributed by atoms with Crippen molar-refractivity contribution in [1.29, 1.82) is 0 Å². The van der Waals surface area contributed by atoms with E-state index in [0.717, 1.165) is 10.9 Å². The second-order valence-corrected chi connectivity index (χ2v) is 10.2. The van der Waals surface area contributed by atoms with E-state index in [1.54, 1.807) is 48.5 Å². The third-order valence-electron chi connectivity index (χ3n) is 4.30. The minimum Gasteiger partial charge on any atom is -0.335 e. The van der Waals surface area contributed by atoms with Crippen LogP contribution in [-0.2, 0) is 9.84 Å². The first-order chi connectivity index (χ1) is 12.9. The molecule has 1 saturated heterocycles. The SMILES string of the molecule is O=C(Nc1cccc(Cl)c1)c1ccc(NC2=N[C@H]3CS(=O)(=O)C[C@@H]3S2)cc1. The van der Waals surface area contributed by atoms with Crippen LogP contribution in [-0.4, -0.2) is 42.3 Å². The van der Waals surface area contributed by atoms with Crippen LogP contribution in [0.15, 0.2) is 53.5 Å². The molecule has 2 N–H and O–H groups in total. The monoisotopic (exact) mass is 421 g/mol. The number of sulfone groups is 1. The maximum atomic E-state index is 12.3. The average molecular weight is 422 g/mol. The summed E-state index contributed by atoms with van der Waals surface area (Å²) >= 11 is 7.38. The van der Waals surface area contributed by atoms with Gasteiger partial charge in [0.25, 0.3) is 5.91 Å². The highest BCUT2D eigenvalue weighted by Crippen LogP contribution is 2.34. The van der Waals surface area contributed by atoms with E-state index in [2.05, 4.69) is 15.6 Å². The minimum absolute atomic E-state index is 0.000229. The van der Waals surface area contributed by atoms with Crippen LogP contribution in [0, 0.1) is 0 Å². The Hall–Kier alpha value is -2.03. The molecule has 2 atom stereocenters. The predicted molar refractivity (Wildman–Crippen MR) is 111 cm³/mol. The lowest BCUT2D eigenvalue weighted by molar-refractivity contribution is 0.102. The number of hydrogen-bond acceptors (Lipinski definition) is 6. The zero-order valence-electron chi connectivity index (χ0n) is 14.1. The lowest BCUT2D eigenvalue weighted by atomic mass is 10.2. The van der Waals surface area contributed by atoms with Gasteiger partial charge in [0.05, 0.1) is 17.5 Å². The first-order valence-corrected chi connectivity index (χ1v) is 11.3. The summed E-state index contributed by atoms with van der Waals surface area (Å²) in [5.41, 5.74) is 1.95. The van der Waals surface area contributed by atoms with E-state index in [9.17, 15) is 13.2 Å². The minimum atomic E-state index is -2.95. The van der Waals surface area contributed by atoms with E-state index < -0.39 is 9.84 Å². The molecule has 0 spiro atoms. The molecular formula is C18H16ClN3O3S2. The molecule has 1 fully saturated rings. The molecule has 140 valence electrons. The van der Waals surface area contributed by atoms with Gasteiger partial charge in [-0.2, -0.15) is 0 Å². The number of aliphatic imine (C=N–C) groups is 1. The first-order valence-electron chi connectivity index (χ1n) is 8.27. The van der Waals surface area contributed by atoms with Crippen LogP contribution in [0.1, 0.15) is 10.4 Å². The zero-order chi connectivity index (χ0) is 19.0. The number of carbonyl (C=O) groups is 1. The Morgan fingerprint density at radius 2 is 1.89 bits per heavy atom. The fourth-order valence-electron chi connectivity index (χ4n) is 3.01. The molecule has 2 aromatic rings. The second kappa shape index (κ2) is 7.18. The Morgan fingerprint density at radius 3 is 2.59 bits per heavy atom. The predicted octanol–water partition coefficient (Wildman–Crippen LogP) is 3.27. The van der Waals surface area contributed by atoms with Crippen molar-refractivity contribution in [2.75, 3.05) is 22.1 Å². The molecule has 2 aliphatic heterocycles. The van der Waals surface area contributed by atoms with Gasteiger partial charge in [0.15, 0.2) is 15.0 Å². The summed E-state index contributed by atoms with van der Waals surface area (Å²) in [6, 6.07) is 13.8. The van der Waals surface area contributed by atoms with E-state index in [-0.39, 0.29) is 28.7 Å². The normalized spacial score (nSPS) is 22.8. The largest absolute Gasteiger partial charge is 0.335 e. The van der Waals surface area contributed by atoms with Gasteiger partial charge in [-0.1, -0.05) is 29.4 Å². The highest BCUT2D eigenvalue weighted by molar-refractivity contribution is 8.15. The summed E-state index contributed by atoms with van der Waals surface area (Å²) in [6.07, 6.45) is 0. The van der Waals surface area contributed by atoms with Crippen LogP contribution < -0.4 is 10.6 Å². The number of halogens is 1. The standard InChI is InChI=1S/C18H16ClN3O3S2/c19-12-2-1-3-14(8-12)20-17(23)11-4-6-13(7-5-11)21-18-22-15-9-27(24,25)10-16(15)26-18/h1-8,15-16H,9-10H2,(H,20,23)(H,21,22)/t15-,16-/m0/s1. The summed E-state index contributed by atoms with van der Waals surface area (Å²) in [6.45, 7) is 0. The maximum absolute atomic E-state index is 12.3. The second-order valence-electron chi connectivity index (χ2n) is 6.40. The number of anilines is 2. The fraction of sp³-hybridized carbons (Fsp3) is 0.222. The van der Waals surface area contributed by atoms with Crippen molar-refractivity contribution >= 4 is 55.6 Å². The van der Waals surface area contributed by atoms with Gasteiger partial charge in [-0.3, -0.25) is 9.79 Å². The molecule has 4 rings (SSSR count). The van der Waals surface area contributed by atoms with Crippen LogP contribution in [0.25, 0.3) is 0 Å². The van der Waals surface area contributed by atoms with Crippen LogP contribution in [0.2, 0.25) is 5.02 Å². The Labute approximate surface area is 166 Å².